The molecule has 0 saturated heterocycles. The van der Waals surface area contributed by atoms with E-state index in [1.54, 1.807) is 31.2 Å². The summed E-state index contributed by atoms with van der Waals surface area (Å²) in [6.45, 7) is 1.71. The van der Waals surface area contributed by atoms with Crippen LogP contribution in [0.1, 0.15) is 11.3 Å². The third-order valence-electron chi connectivity index (χ3n) is 3.94. The van der Waals surface area contributed by atoms with E-state index in [4.69, 9.17) is 20.3 Å². The Morgan fingerprint density at radius 2 is 1.90 bits per heavy atom. The number of methoxy groups -OCH3 is 1. The summed E-state index contributed by atoms with van der Waals surface area (Å²) in [4.78, 5) is 12.3. The SMILES string of the molecule is COc1nc(C)cnc1NS(=O)(=O)c1cccnc1-c1ccc(C(=N)OC=N)cc1. The van der Waals surface area contributed by atoms with Crippen molar-refractivity contribution in [2.45, 2.75) is 11.8 Å². The molecule has 30 heavy (non-hydrogen) atoms. The number of ether oxygens (including phenoxy) is 2. The molecule has 3 N–H and O–H groups in total. The third kappa shape index (κ3) is 4.41. The smallest absolute Gasteiger partial charge is 0.265 e. The highest BCUT2D eigenvalue weighted by Gasteiger charge is 2.23. The molecule has 3 aromatic rings. The molecule has 154 valence electrons. The Hall–Kier alpha value is -3.86. The lowest BCUT2D eigenvalue weighted by molar-refractivity contribution is 0.397. The molecule has 0 aliphatic heterocycles. The quantitative estimate of drug-likeness (QED) is 0.388. The second-order valence-corrected chi connectivity index (χ2v) is 7.62. The number of aromatic nitrogens is 3. The average Bonchev–Trinajstić information content (AvgIpc) is 2.75. The van der Waals surface area contributed by atoms with E-state index in [-0.39, 0.29) is 28.2 Å². The monoisotopic (exact) mass is 426 g/mol. The molecule has 3 rings (SSSR count). The number of aryl methyl sites for hydroxylation is 1. The fraction of sp³-hybridized carbons (Fsp3) is 0.105. The number of rotatable bonds is 7. The van der Waals surface area contributed by atoms with Crippen LogP contribution in [0.3, 0.4) is 0 Å². The van der Waals surface area contributed by atoms with Crippen LogP contribution in [0.15, 0.2) is 53.7 Å². The number of anilines is 1. The van der Waals surface area contributed by atoms with E-state index in [2.05, 4.69) is 19.7 Å². The van der Waals surface area contributed by atoms with E-state index in [1.165, 1.54) is 31.6 Å². The van der Waals surface area contributed by atoms with Crippen LogP contribution in [-0.4, -0.2) is 42.8 Å². The van der Waals surface area contributed by atoms with Gasteiger partial charge in [-0.1, -0.05) is 12.1 Å². The van der Waals surface area contributed by atoms with E-state index in [9.17, 15) is 8.42 Å². The summed E-state index contributed by atoms with van der Waals surface area (Å²) >= 11 is 0. The number of hydrogen-bond acceptors (Lipinski definition) is 9. The second-order valence-electron chi connectivity index (χ2n) is 5.97. The second kappa shape index (κ2) is 8.66. The molecule has 0 atom stereocenters. The van der Waals surface area contributed by atoms with Crippen LogP contribution >= 0.6 is 0 Å². The first-order valence-electron chi connectivity index (χ1n) is 8.56. The van der Waals surface area contributed by atoms with Gasteiger partial charge in [-0.3, -0.25) is 20.5 Å². The van der Waals surface area contributed by atoms with Crippen LogP contribution < -0.4 is 9.46 Å². The molecule has 0 spiro atoms. The summed E-state index contributed by atoms with van der Waals surface area (Å²) < 4.78 is 38.3. The minimum Gasteiger partial charge on any atom is -0.478 e. The largest absolute Gasteiger partial charge is 0.478 e. The van der Waals surface area contributed by atoms with Crippen LogP contribution in [-0.2, 0) is 14.8 Å². The van der Waals surface area contributed by atoms with Crippen molar-refractivity contribution in [1.82, 2.24) is 15.0 Å². The Morgan fingerprint density at radius 1 is 1.17 bits per heavy atom. The Bertz CT molecular complexity index is 1200. The van der Waals surface area contributed by atoms with Crippen LogP contribution in [0, 0.1) is 17.7 Å². The van der Waals surface area contributed by atoms with E-state index in [0.29, 0.717) is 23.2 Å². The minimum atomic E-state index is -4.06. The molecule has 2 heterocycles. The zero-order valence-electron chi connectivity index (χ0n) is 16.1. The molecule has 2 aromatic heterocycles. The molecular formula is C19H18N6O4S. The predicted molar refractivity (Wildman–Crippen MR) is 110 cm³/mol. The highest BCUT2D eigenvalue weighted by Crippen LogP contribution is 2.28. The summed E-state index contributed by atoms with van der Waals surface area (Å²) in [7, 11) is -2.69. The number of nitrogens with zero attached hydrogens (tertiary/aromatic N) is 3. The molecule has 0 aliphatic rings. The Kier molecular flexibility index (Phi) is 6.02. The maximum Gasteiger partial charge on any atom is 0.265 e. The Balaban J connectivity index is 1.98. The molecule has 0 fully saturated rings. The lowest BCUT2D eigenvalue weighted by Gasteiger charge is -2.13. The summed E-state index contributed by atoms with van der Waals surface area (Å²) in [5.74, 6) is -0.180. The maximum absolute atomic E-state index is 13.1. The number of nitrogens with one attached hydrogen (secondary N) is 3. The summed E-state index contributed by atoms with van der Waals surface area (Å²) in [5, 5.41) is 14.6. The standard InChI is InChI=1S/C19H18N6O4S/c1-12-10-23-18(19(24-12)28-2)25-30(26,27)15-4-3-9-22-16(15)13-5-7-14(8-6-13)17(21)29-11-20/h3-11,20-21H,1-2H3,(H,23,25). The summed E-state index contributed by atoms with van der Waals surface area (Å²) in [6, 6.07) is 9.32. The van der Waals surface area contributed by atoms with Gasteiger partial charge in [-0.2, -0.15) is 0 Å². The summed E-state index contributed by atoms with van der Waals surface area (Å²) in [6.07, 6.45) is 3.57. The Morgan fingerprint density at radius 3 is 2.57 bits per heavy atom. The molecule has 11 heteroatoms. The zero-order chi connectivity index (χ0) is 21.7. The molecule has 0 amide bonds. The predicted octanol–water partition coefficient (Wildman–Crippen LogP) is 2.61. The van der Waals surface area contributed by atoms with Crippen molar-refractivity contribution < 1.29 is 17.9 Å². The van der Waals surface area contributed by atoms with Gasteiger partial charge in [0.1, 0.15) is 4.90 Å². The van der Waals surface area contributed by atoms with Crippen LogP contribution in [0.4, 0.5) is 5.82 Å². The van der Waals surface area contributed by atoms with Gasteiger partial charge in [0.2, 0.25) is 11.7 Å². The molecule has 0 aliphatic carbocycles. The lowest BCUT2D eigenvalue weighted by Crippen LogP contribution is -2.16. The molecule has 0 unspecified atom stereocenters. The van der Waals surface area contributed by atoms with Crippen molar-refractivity contribution >= 4 is 28.1 Å². The maximum atomic E-state index is 13.1. The molecule has 10 nitrogen and oxygen atoms in total. The van der Waals surface area contributed by atoms with Gasteiger partial charge < -0.3 is 9.47 Å². The van der Waals surface area contributed by atoms with Crippen molar-refractivity contribution in [3.63, 3.8) is 0 Å². The molecule has 1 aromatic carbocycles. The van der Waals surface area contributed by atoms with Gasteiger partial charge in [0, 0.05) is 17.3 Å². The Labute approximate surface area is 173 Å². The first-order valence-corrected chi connectivity index (χ1v) is 10.0. The number of hydrogen-bond donors (Lipinski definition) is 3. The van der Waals surface area contributed by atoms with E-state index in [0.717, 1.165) is 0 Å². The van der Waals surface area contributed by atoms with Crippen molar-refractivity contribution in [2.75, 3.05) is 11.8 Å². The van der Waals surface area contributed by atoms with Gasteiger partial charge in [0.25, 0.3) is 15.9 Å². The van der Waals surface area contributed by atoms with E-state index >= 15 is 0 Å². The van der Waals surface area contributed by atoms with E-state index in [1.807, 2.05) is 0 Å². The van der Waals surface area contributed by atoms with Crippen molar-refractivity contribution in [2.24, 2.45) is 0 Å². The normalized spacial score (nSPS) is 10.9. The zero-order valence-corrected chi connectivity index (χ0v) is 16.9. The van der Waals surface area contributed by atoms with Crippen LogP contribution in [0.2, 0.25) is 0 Å². The highest BCUT2D eigenvalue weighted by molar-refractivity contribution is 7.92. The number of benzene rings is 1. The number of pyridine rings is 1. The van der Waals surface area contributed by atoms with Crippen molar-refractivity contribution in [3.8, 4) is 17.1 Å². The molecule has 0 bridgehead atoms. The third-order valence-corrected chi connectivity index (χ3v) is 5.31. The van der Waals surface area contributed by atoms with Crippen LogP contribution in [0.25, 0.3) is 11.3 Å². The van der Waals surface area contributed by atoms with Gasteiger partial charge in [-0.15, -0.1) is 0 Å². The van der Waals surface area contributed by atoms with Crippen molar-refractivity contribution in [3.05, 3.63) is 60.0 Å². The van der Waals surface area contributed by atoms with E-state index < -0.39 is 10.0 Å². The molecular weight excluding hydrogens is 408 g/mol. The average molecular weight is 426 g/mol. The van der Waals surface area contributed by atoms with Crippen molar-refractivity contribution in [1.29, 1.82) is 10.8 Å². The van der Waals surface area contributed by atoms with Gasteiger partial charge in [-0.25, -0.2) is 18.4 Å². The van der Waals surface area contributed by atoms with Gasteiger partial charge >= 0.3 is 0 Å². The first-order chi connectivity index (χ1) is 14.4. The first kappa shape index (κ1) is 20.9. The highest BCUT2D eigenvalue weighted by atomic mass is 32.2. The minimum absolute atomic E-state index is 0.0366. The van der Waals surface area contributed by atoms with Gasteiger partial charge in [-0.05, 0) is 31.2 Å². The summed E-state index contributed by atoms with van der Waals surface area (Å²) in [5.41, 5.74) is 1.74. The molecule has 0 radical (unpaired) electrons. The fourth-order valence-corrected chi connectivity index (χ4v) is 3.77. The van der Waals surface area contributed by atoms with Gasteiger partial charge in [0.15, 0.2) is 6.40 Å². The lowest BCUT2D eigenvalue weighted by atomic mass is 10.1. The van der Waals surface area contributed by atoms with Gasteiger partial charge in [0.05, 0.1) is 24.7 Å². The van der Waals surface area contributed by atoms with Crippen LogP contribution in [0.5, 0.6) is 5.88 Å². The fourth-order valence-electron chi connectivity index (χ4n) is 2.58. The number of sulfonamides is 1. The molecule has 0 saturated carbocycles. The topological polar surface area (TPSA) is 151 Å².